The number of nitrogens with one attached hydrogen (secondary N) is 2. The van der Waals surface area contributed by atoms with E-state index in [0.717, 1.165) is 18.9 Å². The van der Waals surface area contributed by atoms with Crippen LogP contribution in [0.2, 0.25) is 0 Å². The van der Waals surface area contributed by atoms with Crippen molar-refractivity contribution in [2.45, 2.75) is 38.8 Å². The van der Waals surface area contributed by atoms with Crippen molar-refractivity contribution in [3.63, 3.8) is 0 Å². The Hall–Kier alpha value is -0.870. The maximum Gasteiger partial charge on any atom is 0.0925 e. The lowest BCUT2D eigenvalue weighted by Crippen LogP contribution is -2.46. The summed E-state index contributed by atoms with van der Waals surface area (Å²) in [6, 6.07) is 0.583. The molecule has 0 amide bonds. The van der Waals surface area contributed by atoms with Crippen LogP contribution in [-0.2, 0) is 13.0 Å². The number of H-pyrrole nitrogens is 1. The topological polar surface area (TPSA) is 44.0 Å². The van der Waals surface area contributed by atoms with Gasteiger partial charge in [-0.2, -0.15) is 0 Å². The molecule has 0 spiro atoms. The first-order valence-corrected chi connectivity index (χ1v) is 6.78. The van der Waals surface area contributed by atoms with E-state index in [-0.39, 0.29) is 0 Å². The van der Waals surface area contributed by atoms with Crippen molar-refractivity contribution in [3.8, 4) is 0 Å². The molecule has 3 rings (SSSR count). The molecule has 17 heavy (non-hydrogen) atoms. The van der Waals surface area contributed by atoms with Crippen LogP contribution in [0.3, 0.4) is 0 Å². The van der Waals surface area contributed by atoms with Gasteiger partial charge in [0.05, 0.1) is 17.7 Å². The van der Waals surface area contributed by atoms with Gasteiger partial charge in [0.2, 0.25) is 0 Å². The fourth-order valence-corrected chi connectivity index (χ4v) is 2.92. The van der Waals surface area contributed by atoms with Crippen LogP contribution in [0.1, 0.15) is 31.2 Å². The van der Waals surface area contributed by atoms with Crippen LogP contribution in [0.25, 0.3) is 0 Å². The zero-order valence-electron chi connectivity index (χ0n) is 10.6. The molecular weight excluding hydrogens is 212 g/mol. The summed E-state index contributed by atoms with van der Waals surface area (Å²) in [5, 5.41) is 3.61. The second-order valence-electron chi connectivity index (χ2n) is 5.59. The minimum Gasteiger partial charge on any atom is -0.347 e. The molecule has 2 aliphatic heterocycles. The highest BCUT2D eigenvalue weighted by atomic mass is 15.2. The van der Waals surface area contributed by atoms with E-state index >= 15 is 0 Å². The van der Waals surface area contributed by atoms with Crippen LogP contribution in [0.4, 0.5) is 0 Å². The number of fused-ring (bicyclic) bond motifs is 1. The van der Waals surface area contributed by atoms with Crippen molar-refractivity contribution in [2.75, 3.05) is 19.6 Å². The van der Waals surface area contributed by atoms with E-state index in [0.29, 0.717) is 6.04 Å². The van der Waals surface area contributed by atoms with E-state index in [1.165, 1.54) is 43.9 Å². The third-order valence-corrected chi connectivity index (χ3v) is 4.17. The summed E-state index contributed by atoms with van der Waals surface area (Å²) in [4.78, 5) is 10.2. The molecular formula is C13H22N4. The van der Waals surface area contributed by atoms with Gasteiger partial charge in [-0.1, -0.05) is 6.92 Å². The van der Waals surface area contributed by atoms with Crippen LogP contribution in [0, 0.1) is 5.92 Å². The van der Waals surface area contributed by atoms with Crippen molar-refractivity contribution < 1.29 is 0 Å². The van der Waals surface area contributed by atoms with E-state index < -0.39 is 0 Å². The standard InChI is InChI=1S/C13H22N4/c1-10-2-4-17(5-3-10)8-11-6-12-13(7-14-11)16-9-15-12/h9-11,14H,2-8H2,1H3,(H,15,16). The van der Waals surface area contributed by atoms with E-state index in [1.807, 2.05) is 6.33 Å². The fraction of sp³-hybridized carbons (Fsp3) is 0.769. The van der Waals surface area contributed by atoms with Crippen LogP contribution in [0.5, 0.6) is 0 Å². The number of rotatable bonds is 2. The highest BCUT2D eigenvalue weighted by Crippen LogP contribution is 2.18. The molecule has 4 nitrogen and oxygen atoms in total. The van der Waals surface area contributed by atoms with Crippen molar-refractivity contribution in [1.82, 2.24) is 20.2 Å². The SMILES string of the molecule is CC1CCN(CC2Cc3nc[nH]c3CN2)CC1. The first kappa shape index (κ1) is 11.2. The Morgan fingerprint density at radius 3 is 3.06 bits per heavy atom. The lowest BCUT2D eigenvalue weighted by molar-refractivity contribution is 0.171. The molecule has 1 saturated heterocycles. The maximum absolute atomic E-state index is 4.40. The molecule has 94 valence electrons. The summed E-state index contributed by atoms with van der Waals surface area (Å²) >= 11 is 0. The van der Waals surface area contributed by atoms with Crippen LogP contribution < -0.4 is 5.32 Å². The molecule has 2 aliphatic rings. The normalized spacial score (nSPS) is 27.0. The predicted molar refractivity (Wildman–Crippen MR) is 67.8 cm³/mol. The minimum absolute atomic E-state index is 0.583. The summed E-state index contributed by atoms with van der Waals surface area (Å²) in [7, 11) is 0. The summed E-state index contributed by atoms with van der Waals surface area (Å²) in [6.45, 7) is 7.04. The Labute approximate surface area is 103 Å². The second-order valence-corrected chi connectivity index (χ2v) is 5.59. The smallest absolute Gasteiger partial charge is 0.0925 e. The van der Waals surface area contributed by atoms with Gasteiger partial charge in [0.25, 0.3) is 0 Å². The Bertz CT molecular complexity index is 365. The first-order chi connectivity index (χ1) is 8.31. The molecule has 0 aliphatic carbocycles. The number of piperidine rings is 1. The number of hydrogen-bond acceptors (Lipinski definition) is 3. The zero-order chi connectivity index (χ0) is 11.7. The molecule has 1 atom stereocenters. The van der Waals surface area contributed by atoms with Crippen molar-refractivity contribution >= 4 is 0 Å². The number of nitrogens with zero attached hydrogens (tertiary/aromatic N) is 2. The highest BCUT2D eigenvalue weighted by Gasteiger charge is 2.23. The molecule has 2 N–H and O–H groups in total. The summed E-state index contributed by atoms with van der Waals surface area (Å²) in [5.41, 5.74) is 2.53. The van der Waals surface area contributed by atoms with E-state index in [1.54, 1.807) is 0 Å². The highest BCUT2D eigenvalue weighted by molar-refractivity contribution is 5.16. The molecule has 4 heteroatoms. The number of imidazole rings is 1. The van der Waals surface area contributed by atoms with Gasteiger partial charge in [-0.25, -0.2) is 4.98 Å². The number of hydrogen-bond donors (Lipinski definition) is 2. The molecule has 0 aromatic carbocycles. The third-order valence-electron chi connectivity index (χ3n) is 4.17. The molecule has 1 fully saturated rings. The van der Waals surface area contributed by atoms with Gasteiger partial charge in [-0.05, 0) is 31.8 Å². The van der Waals surface area contributed by atoms with Crippen LogP contribution >= 0.6 is 0 Å². The molecule has 1 aromatic rings. The summed E-state index contributed by atoms with van der Waals surface area (Å²) < 4.78 is 0. The molecule has 1 aromatic heterocycles. The van der Waals surface area contributed by atoms with Crippen molar-refractivity contribution in [2.24, 2.45) is 5.92 Å². The largest absolute Gasteiger partial charge is 0.347 e. The molecule has 0 radical (unpaired) electrons. The van der Waals surface area contributed by atoms with Gasteiger partial charge in [-0.3, -0.25) is 0 Å². The van der Waals surface area contributed by atoms with Gasteiger partial charge in [0.15, 0.2) is 0 Å². The average molecular weight is 234 g/mol. The number of likely N-dealkylation sites (tertiary alicyclic amines) is 1. The predicted octanol–water partition coefficient (Wildman–Crippen LogP) is 1.16. The van der Waals surface area contributed by atoms with Gasteiger partial charge in [0.1, 0.15) is 0 Å². The average Bonchev–Trinajstić information content (AvgIpc) is 2.79. The molecule has 1 unspecified atom stereocenters. The van der Waals surface area contributed by atoms with Crippen LogP contribution in [-0.4, -0.2) is 40.5 Å². The summed E-state index contributed by atoms with van der Waals surface area (Å²) in [6.07, 6.45) is 5.61. The summed E-state index contributed by atoms with van der Waals surface area (Å²) in [5.74, 6) is 0.920. The number of aromatic amines is 1. The lowest BCUT2D eigenvalue weighted by atomic mass is 9.98. The Morgan fingerprint density at radius 1 is 1.41 bits per heavy atom. The molecule has 0 bridgehead atoms. The minimum atomic E-state index is 0.583. The monoisotopic (exact) mass is 234 g/mol. The van der Waals surface area contributed by atoms with Gasteiger partial charge < -0.3 is 15.2 Å². The lowest BCUT2D eigenvalue weighted by Gasteiger charge is -2.34. The van der Waals surface area contributed by atoms with E-state index in [2.05, 4.69) is 27.1 Å². The quantitative estimate of drug-likeness (QED) is 0.807. The van der Waals surface area contributed by atoms with Gasteiger partial charge in [0, 0.05) is 25.6 Å². The number of aromatic nitrogens is 2. The van der Waals surface area contributed by atoms with E-state index in [4.69, 9.17) is 0 Å². The fourth-order valence-electron chi connectivity index (χ4n) is 2.92. The Balaban J connectivity index is 1.54. The first-order valence-electron chi connectivity index (χ1n) is 6.78. The Morgan fingerprint density at radius 2 is 2.24 bits per heavy atom. The van der Waals surface area contributed by atoms with E-state index in [9.17, 15) is 0 Å². The third kappa shape index (κ3) is 2.53. The second kappa shape index (κ2) is 4.78. The van der Waals surface area contributed by atoms with Crippen molar-refractivity contribution in [3.05, 3.63) is 17.7 Å². The Kier molecular flexibility index (Phi) is 3.16. The maximum atomic E-state index is 4.40. The van der Waals surface area contributed by atoms with Crippen LogP contribution in [0.15, 0.2) is 6.33 Å². The van der Waals surface area contributed by atoms with Gasteiger partial charge >= 0.3 is 0 Å². The zero-order valence-corrected chi connectivity index (χ0v) is 10.6. The molecule has 3 heterocycles. The van der Waals surface area contributed by atoms with Gasteiger partial charge in [-0.15, -0.1) is 0 Å². The molecule has 0 saturated carbocycles. The van der Waals surface area contributed by atoms with Crippen molar-refractivity contribution in [1.29, 1.82) is 0 Å².